The smallest absolute Gasteiger partial charge is 0.151 e. The average Bonchev–Trinajstić information content (AvgIpc) is 2.35. The second kappa shape index (κ2) is 6.14. The highest BCUT2D eigenvalue weighted by atomic mass is 16.1. The maximum absolute atomic E-state index is 12.1. The SMILES string of the molecule is CC1CCCC(C)N1CC(=O)Cc1ccccc1. The van der Waals surface area contributed by atoms with Crippen LogP contribution in [0.2, 0.25) is 0 Å². The Hall–Kier alpha value is -1.15. The number of likely N-dealkylation sites (tertiary alicyclic amines) is 1. The van der Waals surface area contributed by atoms with E-state index in [4.69, 9.17) is 0 Å². The third-order valence-electron chi connectivity index (χ3n) is 3.98. The first kappa shape index (κ1) is 13.3. The molecule has 1 aromatic rings. The van der Waals surface area contributed by atoms with Crippen LogP contribution >= 0.6 is 0 Å². The van der Waals surface area contributed by atoms with Gasteiger partial charge >= 0.3 is 0 Å². The topological polar surface area (TPSA) is 20.3 Å². The summed E-state index contributed by atoms with van der Waals surface area (Å²) in [4.78, 5) is 14.5. The predicted molar refractivity (Wildman–Crippen MR) is 74.6 cm³/mol. The van der Waals surface area contributed by atoms with Crippen LogP contribution in [-0.4, -0.2) is 29.3 Å². The molecule has 98 valence electrons. The molecule has 1 fully saturated rings. The molecule has 1 saturated heterocycles. The summed E-state index contributed by atoms with van der Waals surface area (Å²) in [6.45, 7) is 5.09. The molecule has 1 aliphatic heterocycles. The van der Waals surface area contributed by atoms with Crippen LogP contribution in [0.5, 0.6) is 0 Å². The standard InChI is InChI=1S/C16H23NO/c1-13-7-6-8-14(2)17(13)12-16(18)11-15-9-4-3-5-10-15/h3-5,9-10,13-14H,6-8,11-12H2,1-2H3. The number of hydrogen-bond acceptors (Lipinski definition) is 2. The van der Waals surface area contributed by atoms with E-state index in [0.717, 1.165) is 5.56 Å². The van der Waals surface area contributed by atoms with Gasteiger partial charge < -0.3 is 0 Å². The van der Waals surface area contributed by atoms with Crippen LogP contribution in [0.1, 0.15) is 38.7 Å². The lowest BCUT2D eigenvalue weighted by Gasteiger charge is -2.38. The number of carbonyl (C=O) groups is 1. The molecule has 2 heteroatoms. The summed E-state index contributed by atoms with van der Waals surface area (Å²) >= 11 is 0. The molecular formula is C16H23NO. The minimum absolute atomic E-state index is 0.335. The van der Waals surface area contributed by atoms with Gasteiger partial charge in [0.15, 0.2) is 5.78 Å². The van der Waals surface area contributed by atoms with Gasteiger partial charge in [-0.1, -0.05) is 36.8 Å². The molecular weight excluding hydrogens is 222 g/mol. The summed E-state index contributed by atoms with van der Waals surface area (Å²) in [7, 11) is 0. The van der Waals surface area contributed by atoms with Gasteiger partial charge in [-0.25, -0.2) is 0 Å². The molecule has 0 bridgehead atoms. The molecule has 0 aromatic heterocycles. The van der Waals surface area contributed by atoms with Gasteiger partial charge in [0.05, 0.1) is 6.54 Å². The molecule has 0 radical (unpaired) electrons. The number of Topliss-reactive ketones (excluding diaryl/α,β-unsaturated/α-hetero) is 1. The van der Waals surface area contributed by atoms with Gasteiger partial charge in [0.25, 0.3) is 0 Å². The summed E-state index contributed by atoms with van der Waals surface area (Å²) in [6, 6.07) is 11.1. The van der Waals surface area contributed by atoms with E-state index in [0.29, 0.717) is 30.8 Å². The van der Waals surface area contributed by atoms with Gasteiger partial charge in [0, 0.05) is 18.5 Å². The lowest BCUT2D eigenvalue weighted by atomic mass is 9.96. The van der Waals surface area contributed by atoms with E-state index in [2.05, 4.69) is 18.7 Å². The van der Waals surface area contributed by atoms with Crippen molar-refractivity contribution < 1.29 is 4.79 Å². The molecule has 2 nitrogen and oxygen atoms in total. The maximum atomic E-state index is 12.1. The lowest BCUT2D eigenvalue weighted by Crippen LogP contribution is -2.46. The number of benzene rings is 1. The summed E-state index contributed by atoms with van der Waals surface area (Å²) in [5, 5.41) is 0. The van der Waals surface area contributed by atoms with Crippen LogP contribution < -0.4 is 0 Å². The molecule has 18 heavy (non-hydrogen) atoms. The number of rotatable bonds is 4. The van der Waals surface area contributed by atoms with E-state index in [-0.39, 0.29) is 0 Å². The van der Waals surface area contributed by atoms with Crippen LogP contribution in [0.25, 0.3) is 0 Å². The average molecular weight is 245 g/mol. The summed E-state index contributed by atoms with van der Waals surface area (Å²) in [5.41, 5.74) is 1.12. The number of carbonyl (C=O) groups excluding carboxylic acids is 1. The van der Waals surface area contributed by atoms with Crippen LogP contribution in [0.3, 0.4) is 0 Å². The normalized spacial score (nSPS) is 25.0. The van der Waals surface area contributed by atoms with Crippen molar-refractivity contribution in [3.05, 3.63) is 35.9 Å². The molecule has 1 heterocycles. The second-order valence-corrected chi connectivity index (χ2v) is 5.50. The largest absolute Gasteiger partial charge is 0.298 e. The molecule has 2 rings (SSSR count). The fourth-order valence-electron chi connectivity index (χ4n) is 2.87. The number of nitrogens with zero attached hydrogens (tertiary/aromatic N) is 1. The van der Waals surface area contributed by atoms with Crippen molar-refractivity contribution in [3.8, 4) is 0 Å². The van der Waals surface area contributed by atoms with Crippen LogP contribution in [0, 0.1) is 0 Å². The maximum Gasteiger partial charge on any atom is 0.151 e. The van der Waals surface area contributed by atoms with E-state index in [1.165, 1.54) is 19.3 Å². The van der Waals surface area contributed by atoms with Gasteiger partial charge in [-0.05, 0) is 32.3 Å². The highest BCUT2D eigenvalue weighted by molar-refractivity contribution is 5.82. The third kappa shape index (κ3) is 3.42. The Bertz CT molecular complexity index is 377. The highest BCUT2D eigenvalue weighted by Crippen LogP contribution is 2.22. The Kier molecular flexibility index (Phi) is 4.54. The van der Waals surface area contributed by atoms with Crippen molar-refractivity contribution in [2.45, 2.75) is 51.6 Å². The fraction of sp³-hybridized carbons (Fsp3) is 0.562. The first-order chi connectivity index (χ1) is 8.66. The van der Waals surface area contributed by atoms with Gasteiger partial charge in [0.2, 0.25) is 0 Å². The summed E-state index contributed by atoms with van der Waals surface area (Å²) < 4.78 is 0. The molecule has 0 saturated carbocycles. The minimum atomic E-state index is 0.335. The van der Waals surface area contributed by atoms with E-state index in [9.17, 15) is 4.79 Å². The predicted octanol–water partition coefficient (Wildman–Crippen LogP) is 3.06. The van der Waals surface area contributed by atoms with E-state index in [1.807, 2.05) is 30.3 Å². The summed E-state index contributed by atoms with van der Waals surface area (Å²) in [5.74, 6) is 0.335. The molecule has 2 unspecified atom stereocenters. The Labute approximate surface area is 110 Å². The number of ketones is 1. The van der Waals surface area contributed by atoms with E-state index < -0.39 is 0 Å². The summed E-state index contributed by atoms with van der Waals surface area (Å²) in [6.07, 6.45) is 4.31. The van der Waals surface area contributed by atoms with Crippen LogP contribution in [0.4, 0.5) is 0 Å². The number of hydrogen-bond donors (Lipinski definition) is 0. The van der Waals surface area contributed by atoms with Crippen molar-refractivity contribution >= 4 is 5.78 Å². The number of piperidine rings is 1. The van der Waals surface area contributed by atoms with Crippen molar-refractivity contribution in [3.63, 3.8) is 0 Å². The van der Waals surface area contributed by atoms with Crippen LogP contribution in [-0.2, 0) is 11.2 Å². The van der Waals surface area contributed by atoms with E-state index >= 15 is 0 Å². The van der Waals surface area contributed by atoms with Crippen LogP contribution in [0.15, 0.2) is 30.3 Å². The molecule has 0 spiro atoms. The zero-order valence-electron chi connectivity index (χ0n) is 11.4. The zero-order chi connectivity index (χ0) is 13.0. The first-order valence-corrected chi connectivity index (χ1v) is 6.98. The molecule has 2 atom stereocenters. The Morgan fingerprint density at radius 1 is 1.17 bits per heavy atom. The minimum Gasteiger partial charge on any atom is -0.298 e. The second-order valence-electron chi connectivity index (χ2n) is 5.50. The first-order valence-electron chi connectivity index (χ1n) is 6.98. The zero-order valence-corrected chi connectivity index (χ0v) is 11.4. The molecule has 1 aromatic carbocycles. The van der Waals surface area contributed by atoms with Gasteiger partial charge in [-0.15, -0.1) is 0 Å². The monoisotopic (exact) mass is 245 g/mol. The highest BCUT2D eigenvalue weighted by Gasteiger charge is 2.26. The van der Waals surface area contributed by atoms with E-state index in [1.54, 1.807) is 0 Å². The van der Waals surface area contributed by atoms with Gasteiger partial charge in [0.1, 0.15) is 0 Å². The van der Waals surface area contributed by atoms with Crippen molar-refractivity contribution in [2.24, 2.45) is 0 Å². The molecule has 1 aliphatic rings. The van der Waals surface area contributed by atoms with Crippen molar-refractivity contribution in [2.75, 3.05) is 6.54 Å². The third-order valence-corrected chi connectivity index (χ3v) is 3.98. The Morgan fingerprint density at radius 3 is 2.39 bits per heavy atom. The lowest BCUT2D eigenvalue weighted by molar-refractivity contribution is -0.121. The Morgan fingerprint density at radius 2 is 1.78 bits per heavy atom. The Balaban J connectivity index is 1.90. The molecule has 0 N–H and O–H groups in total. The van der Waals surface area contributed by atoms with Gasteiger partial charge in [-0.3, -0.25) is 9.69 Å². The quantitative estimate of drug-likeness (QED) is 0.812. The van der Waals surface area contributed by atoms with Gasteiger partial charge in [-0.2, -0.15) is 0 Å². The molecule has 0 amide bonds. The molecule has 0 aliphatic carbocycles. The fourth-order valence-corrected chi connectivity index (χ4v) is 2.87. The van der Waals surface area contributed by atoms with Crippen molar-refractivity contribution in [1.82, 2.24) is 4.90 Å². The van der Waals surface area contributed by atoms with Crippen molar-refractivity contribution in [1.29, 1.82) is 0 Å².